The Hall–Kier alpha value is -3.99. The van der Waals surface area contributed by atoms with Crippen molar-refractivity contribution in [2.24, 2.45) is 0 Å². The summed E-state index contributed by atoms with van der Waals surface area (Å²) in [6, 6.07) is 23.3. The van der Waals surface area contributed by atoms with Crippen molar-refractivity contribution in [2.45, 2.75) is 13.8 Å². The second-order valence-electron chi connectivity index (χ2n) is 7.39. The Morgan fingerprint density at radius 3 is 2.37 bits per heavy atom. The predicted molar refractivity (Wildman–Crippen MR) is 118 cm³/mol. The number of fused-ring (bicyclic) bond motifs is 1. The number of hydrogen-bond acceptors (Lipinski definition) is 4. The third-order valence-corrected chi connectivity index (χ3v) is 5.17. The summed E-state index contributed by atoms with van der Waals surface area (Å²) in [4.78, 5) is 17.8. The first-order valence-electron chi connectivity index (χ1n) is 9.73. The molecule has 0 amide bonds. The molecule has 0 aliphatic carbocycles. The summed E-state index contributed by atoms with van der Waals surface area (Å²) in [7, 11) is 0. The molecule has 0 atom stereocenters. The minimum Gasteiger partial charge on any atom is -0.334 e. The second-order valence-corrected chi connectivity index (χ2v) is 7.39. The van der Waals surface area contributed by atoms with Crippen molar-refractivity contribution in [1.29, 1.82) is 0 Å². The van der Waals surface area contributed by atoms with Gasteiger partial charge in [0.05, 0.1) is 5.56 Å². The standard InChI is InChI=1S/C25H19N3O2/c1-16-10-12-18(13-11-16)23-26-24(30-27-23)22-15-28(19-7-5-6-17(2)14-19)25(29)21-9-4-3-8-20(21)22/h3-15H,1-2H3. The lowest BCUT2D eigenvalue weighted by molar-refractivity contribution is 0.432. The van der Waals surface area contributed by atoms with E-state index in [1.807, 2.05) is 86.6 Å². The molecular weight excluding hydrogens is 374 g/mol. The average molecular weight is 393 g/mol. The lowest BCUT2D eigenvalue weighted by Gasteiger charge is -2.11. The van der Waals surface area contributed by atoms with Gasteiger partial charge in [0.2, 0.25) is 5.82 Å². The van der Waals surface area contributed by atoms with E-state index in [9.17, 15) is 4.79 Å². The maximum atomic E-state index is 13.2. The van der Waals surface area contributed by atoms with Crippen LogP contribution < -0.4 is 5.56 Å². The molecule has 5 aromatic rings. The van der Waals surface area contributed by atoms with Gasteiger partial charge in [-0.3, -0.25) is 9.36 Å². The van der Waals surface area contributed by atoms with Gasteiger partial charge < -0.3 is 4.52 Å². The molecule has 5 rings (SSSR count). The SMILES string of the molecule is Cc1ccc(-c2noc(-c3cn(-c4cccc(C)c4)c(=O)c4ccccc34)n2)cc1. The van der Waals surface area contributed by atoms with Crippen molar-refractivity contribution in [1.82, 2.24) is 14.7 Å². The molecule has 3 aromatic carbocycles. The van der Waals surface area contributed by atoms with Crippen LogP contribution in [0.3, 0.4) is 0 Å². The first-order valence-corrected chi connectivity index (χ1v) is 9.73. The smallest absolute Gasteiger partial charge is 0.262 e. The van der Waals surface area contributed by atoms with Crippen LogP contribution in [0.5, 0.6) is 0 Å². The molecule has 2 aromatic heterocycles. The Labute approximate surface area is 173 Å². The van der Waals surface area contributed by atoms with Gasteiger partial charge >= 0.3 is 0 Å². The average Bonchev–Trinajstić information content (AvgIpc) is 3.25. The summed E-state index contributed by atoms with van der Waals surface area (Å²) in [5.41, 5.74) is 4.56. The molecule has 0 aliphatic heterocycles. The van der Waals surface area contributed by atoms with Crippen molar-refractivity contribution in [3.63, 3.8) is 0 Å². The van der Waals surface area contributed by atoms with E-state index in [-0.39, 0.29) is 5.56 Å². The van der Waals surface area contributed by atoms with Crippen LogP contribution >= 0.6 is 0 Å². The molecule has 0 spiro atoms. The molecule has 0 N–H and O–H groups in total. The fourth-order valence-corrected chi connectivity index (χ4v) is 3.58. The maximum absolute atomic E-state index is 13.2. The molecule has 5 nitrogen and oxygen atoms in total. The quantitative estimate of drug-likeness (QED) is 0.416. The Balaban J connectivity index is 1.72. The summed E-state index contributed by atoms with van der Waals surface area (Å²) in [6.45, 7) is 4.04. The third-order valence-electron chi connectivity index (χ3n) is 5.17. The lowest BCUT2D eigenvalue weighted by atomic mass is 10.1. The highest BCUT2D eigenvalue weighted by Gasteiger charge is 2.17. The first-order chi connectivity index (χ1) is 14.6. The minimum atomic E-state index is -0.0850. The van der Waals surface area contributed by atoms with Crippen molar-refractivity contribution in [2.75, 3.05) is 0 Å². The zero-order valence-electron chi connectivity index (χ0n) is 16.7. The van der Waals surface area contributed by atoms with Crippen LogP contribution in [0.25, 0.3) is 39.3 Å². The van der Waals surface area contributed by atoms with Crippen LogP contribution in [-0.4, -0.2) is 14.7 Å². The molecule has 146 valence electrons. The summed E-state index contributed by atoms with van der Waals surface area (Å²) < 4.78 is 7.26. The summed E-state index contributed by atoms with van der Waals surface area (Å²) in [5, 5.41) is 5.55. The minimum absolute atomic E-state index is 0.0850. The summed E-state index contributed by atoms with van der Waals surface area (Å²) in [5.74, 6) is 0.894. The normalized spacial score (nSPS) is 11.1. The molecule has 0 radical (unpaired) electrons. The third kappa shape index (κ3) is 3.10. The topological polar surface area (TPSA) is 60.9 Å². The predicted octanol–water partition coefficient (Wildman–Crippen LogP) is 5.32. The summed E-state index contributed by atoms with van der Waals surface area (Å²) in [6.07, 6.45) is 1.78. The van der Waals surface area contributed by atoms with E-state index in [2.05, 4.69) is 10.1 Å². The molecule has 0 unspecified atom stereocenters. The zero-order chi connectivity index (χ0) is 20.7. The van der Waals surface area contributed by atoms with E-state index >= 15 is 0 Å². The van der Waals surface area contributed by atoms with Crippen molar-refractivity contribution >= 4 is 10.8 Å². The molecule has 0 fully saturated rings. The van der Waals surface area contributed by atoms with E-state index < -0.39 is 0 Å². The van der Waals surface area contributed by atoms with E-state index in [1.165, 1.54) is 5.56 Å². The second kappa shape index (κ2) is 7.12. The molecule has 0 saturated heterocycles. The van der Waals surface area contributed by atoms with Gasteiger partial charge in [-0.05, 0) is 37.6 Å². The molecule has 5 heteroatoms. The molecule has 2 heterocycles. The number of pyridine rings is 1. The number of nitrogens with zero attached hydrogens (tertiary/aromatic N) is 3. The van der Waals surface area contributed by atoms with Crippen molar-refractivity contribution in [3.8, 4) is 28.5 Å². The van der Waals surface area contributed by atoms with Gasteiger partial charge in [0.25, 0.3) is 11.4 Å². The van der Waals surface area contributed by atoms with Crippen LogP contribution in [-0.2, 0) is 0 Å². The van der Waals surface area contributed by atoms with Crippen LogP contribution in [0.4, 0.5) is 0 Å². The number of rotatable bonds is 3. The van der Waals surface area contributed by atoms with Crippen LogP contribution in [0.15, 0.2) is 88.3 Å². The van der Waals surface area contributed by atoms with Crippen LogP contribution in [0.1, 0.15) is 11.1 Å². The van der Waals surface area contributed by atoms with Crippen LogP contribution in [0, 0.1) is 13.8 Å². The van der Waals surface area contributed by atoms with Gasteiger partial charge in [0.1, 0.15) is 0 Å². The summed E-state index contributed by atoms with van der Waals surface area (Å²) >= 11 is 0. The van der Waals surface area contributed by atoms with Crippen molar-refractivity contribution < 1.29 is 4.52 Å². The Bertz CT molecular complexity index is 1430. The molecule has 0 saturated carbocycles. The van der Waals surface area contributed by atoms with E-state index in [1.54, 1.807) is 10.8 Å². The monoisotopic (exact) mass is 393 g/mol. The molecule has 30 heavy (non-hydrogen) atoms. The van der Waals surface area contributed by atoms with Crippen LogP contribution in [0.2, 0.25) is 0 Å². The molecular formula is C25H19N3O2. The van der Waals surface area contributed by atoms with Gasteiger partial charge in [0, 0.05) is 28.2 Å². The largest absolute Gasteiger partial charge is 0.334 e. The van der Waals surface area contributed by atoms with Gasteiger partial charge in [-0.15, -0.1) is 0 Å². The highest BCUT2D eigenvalue weighted by atomic mass is 16.5. The van der Waals surface area contributed by atoms with Gasteiger partial charge in [0.15, 0.2) is 0 Å². The zero-order valence-corrected chi connectivity index (χ0v) is 16.7. The van der Waals surface area contributed by atoms with Gasteiger partial charge in [-0.25, -0.2) is 0 Å². The van der Waals surface area contributed by atoms with E-state index in [0.29, 0.717) is 17.1 Å². The van der Waals surface area contributed by atoms with Crippen molar-refractivity contribution in [3.05, 3.63) is 100 Å². The van der Waals surface area contributed by atoms with Gasteiger partial charge in [-0.2, -0.15) is 4.98 Å². The van der Waals surface area contributed by atoms with E-state index in [0.717, 1.165) is 27.8 Å². The number of aryl methyl sites for hydroxylation is 2. The number of benzene rings is 3. The van der Waals surface area contributed by atoms with E-state index in [4.69, 9.17) is 4.52 Å². The highest BCUT2D eigenvalue weighted by molar-refractivity contribution is 5.94. The Morgan fingerprint density at radius 2 is 1.60 bits per heavy atom. The Kier molecular flexibility index (Phi) is 4.29. The lowest BCUT2D eigenvalue weighted by Crippen LogP contribution is -2.18. The Morgan fingerprint density at radius 1 is 0.833 bits per heavy atom. The fraction of sp³-hybridized carbons (Fsp3) is 0.0800. The number of aromatic nitrogens is 3. The molecule has 0 bridgehead atoms. The first kappa shape index (κ1) is 18.1. The highest BCUT2D eigenvalue weighted by Crippen LogP contribution is 2.28. The van der Waals surface area contributed by atoms with Gasteiger partial charge in [-0.1, -0.05) is 65.3 Å². The molecule has 0 aliphatic rings. The maximum Gasteiger partial charge on any atom is 0.262 e. The number of hydrogen-bond donors (Lipinski definition) is 0. The fourth-order valence-electron chi connectivity index (χ4n) is 3.58.